The molecule has 3 aromatic rings. The molecule has 190 valence electrons. The fourth-order valence-corrected chi connectivity index (χ4v) is 4.28. The maximum atomic E-state index is 10.7. The molecule has 3 N–H and O–H groups in total. The Balaban J connectivity index is 1.47. The van der Waals surface area contributed by atoms with Crippen LogP contribution in [0.4, 0.5) is 0 Å². The van der Waals surface area contributed by atoms with Crippen molar-refractivity contribution in [3.8, 4) is 5.75 Å². The molecule has 1 aliphatic heterocycles. The Kier molecular flexibility index (Phi) is 8.96. The first-order chi connectivity index (χ1) is 17.5. The molecular formula is C28H30ClNO6. The third-order valence-corrected chi connectivity index (χ3v) is 6.40. The number of oxime groups is 1. The van der Waals surface area contributed by atoms with Gasteiger partial charge in [0.05, 0.1) is 12.8 Å². The van der Waals surface area contributed by atoms with Gasteiger partial charge in [0, 0.05) is 5.02 Å². The SMILES string of the molecule is CCOc1ccc(Cc2cc([C@@H]3O[C@H](/C=N/OCc4ccccc4)[C@@H](O)[C@H](O)[C@H]3O)ccc2Cl)cc1. The summed E-state index contributed by atoms with van der Waals surface area (Å²) in [5, 5.41) is 36.1. The highest BCUT2D eigenvalue weighted by molar-refractivity contribution is 6.31. The van der Waals surface area contributed by atoms with Crippen LogP contribution in [0.15, 0.2) is 78.0 Å². The van der Waals surface area contributed by atoms with Crippen molar-refractivity contribution in [2.24, 2.45) is 5.16 Å². The third-order valence-electron chi connectivity index (χ3n) is 6.03. The highest BCUT2D eigenvalue weighted by atomic mass is 35.5. The Labute approximate surface area is 215 Å². The van der Waals surface area contributed by atoms with E-state index in [0.717, 1.165) is 22.4 Å². The van der Waals surface area contributed by atoms with Gasteiger partial charge in [-0.05, 0) is 53.8 Å². The van der Waals surface area contributed by atoms with E-state index < -0.39 is 30.5 Å². The lowest BCUT2D eigenvalue weighted by Gasteiger charge is -2.39. The fraction of sp³-hybridized carbons (Fsp3) is 0.321. The second kappa shape index (κ2) is 12.3. The molecule has 36 heavy (non-hydrogen) atoms. The van der Waals surface area contributed by atoms with Gasteiger partial charge in [0.15, 0.2) is 0 Å². The van der Waals surface area contributed by atoms with Crippen molar-refractivity contribution in [1.82, 2.24) is 0 Å². The van der Waals surface area contributed by atoms with Gasteiger partial charge >= 0.3 is 0 Å². The number of nitrogens with zero attached hydrogens (tertiary/aromatic N) is 1. The van der Waals surface area contributed by atoms with Crippen molar-refractivity contribution in [2.75, 3.05) is 6.61 Å². The predicted octanol–water partition coefficient (Wildman–Crippen LogP) is 4.05. The molecule has 7 nitrogen and oxygen atoms in total. The summed E-state index contributed by atoms with van der Waals surface area (Å²) in [6.45, 7) is 2.79. The van der Waals surface area contributed by atoms with Gasteiger partial charge < -0.3 is 29.6 Å². The smallest absolute Gasteiger partial charge is 0.142 e. The maximum Gasteiger partial charge on any atom is 0.142 e. The largest absolute Gasteiger partial charge is 0.494 e. The van der Waals surface area contributed by atoms with Gasteiger partial charge in [-0.15, -0.1) is 0 Å². The highest BCUT2D eigenvalue weighted by Gasteiger charge is 2.43. The quantitative estimate of drug-likeness (QED) is 0.296. The number of ether oxygens (including phenoxy) is 2. The lowest BCUT2D eigenvalue weighted by molar-refractivity contribution is -0.205. The van der Waals surface area contributed by atoms with E-state index in [2.05, 4.69) is 5.16 Å². The van der Waals surface area contributed by atoms with Gasteiger partial charge in [-0.25, -0.2) is 0 Å². The second-order valence-corrected chi connectivity index (χ2v) is 9.02. The molecule has 0 unspecified atom stereocenters. The van der Waals surface area contributed by atoms with Crippen molar-refractivity contribution in [3.63, 3.8) is 0 Å². The molecule has 0 bridgehead atoms. The van der Waals surface area contributed by atoms with Crippen molar-refractivity contribution in [3.05, 3.63) is 100 Å². The second-order valence-electron chi connectivity index (χ2n) is 8.61. The van der Waals surface area contributed by atoms with E-state index in [1.807, 2.05) is 67.6 Å². The third kappa shape index (κ3) is 6.43. The van der Waals surface area contributed by atoms with Crippen LogP contribution in [0, 0.1) is 0 Å². The van der Waals surface area contributed by atoms with Crippen molar-refractivity contribution >= 4 is 17.8 Å². The van der Waals surface area contributed by atoms with Gasteiger partial charge in [-0.1, -0.05) is 71.4 Å². The molecule has 0 saturated carbocycles. The lowest BCUT2D eigenvalue weighted by Crippen LogP contribution is -2.54. The van der Waals surface area contributed by atoms with Crippen molar-refractivity contribution in [2.45, 2.75) is 50.5 Å². The van der Waals surface area contributed by atoms with Crippen LogP contribution in [0.25, 0.3) is 0 Å². The van der Waals surface area contributed by atoms with Crippen LogP contribution in [-0.4, -0.2) is 52.6 Å². The summed E-state index contributed by atoms with van der Waals surface area (Å²) in [5.41, 5.74) is 3.45. The number of hydrogen-bond acceptors (Lipinski definition) is 7. The standard InChI is InChI=1S/C28H30ClNO6/c1-2-34-22-11-8-18(9-12-22)14-21-15-20(10-13-23(21)29)28-27(33)26(32)25(31)24(36-28)16-30-35-17-19-6-4-3-5-7-19/h3-13,15-16,24-28,31-33H,2,14,17H2,1H3/b30-16+/t24-,25-,26+,27-,28+/m1/s1. The zero-order chi connectivity index (χ0) is 25.5. The molecule has 1 aliphatic rings. The number of benzene rings is 3. The molecule has 4 rings (SSSR count). The summed E-state index contributed by atoms with van der Waals surface area (Å²) < 4.78 is 11.5. The van der Waals surface area contributed by atoms with Gasteiger partial charge in [-0.2, -0.15) is 0 Å². The van der Waals surface area contributed by atoms with E-state index in [9.17, 15) is 15.3 Å². The average Bonchev–Trinajstić information content (AvgIpc) is 2.89. The van der Waals surface area contributed by atoms with Crippen LogP contribution in [0.3, 0.4) is 0 Å². The Morgan fingerprint density at radius 2 is 1.67 bits per heavy atom. The summed E-state index contributed by atoms with van der Waals surface area (Å²) >= 11 is 6.46. The lowest BCUT2D eigenvalue weighted by atomic mass is 9.90. The van der Waals surface area contributed by atoms with Crippen LogP contribution < -0.4 is 4.74 Å². The molecule has 8 heteroatoms. The number of halogens is 1. The maximum absolute atomic E-state index is 10.7. The van der Waals surface area contributed by atoms with Crippen LogP contribution >= 0.6 is 11.6 Å². The number of aliphatic hydroxyl groups is 3. The molecule has 0 amide bonds. The Morgan fingerprint density at radius 3 is 2.39 bits per heavy atom. The minimum Gasteiger partial charge on any atom is -0.494 e. The van der Waals surface area contributed by atoms with Crippen molar-refractivity contribution < 1.29 is 29.6 Å². The topological polar surface area (TPSA) is 101 Å². The van der Waals surface area contributed by atoms with Gasteiger partial charge in [0.2, 0.25) is 0 Å². The molecule has 3 aromatic carbocycles. The zero-order valence-corrected chi connectivity index (χ0v) is 20.7. The van der Waals surface area contributed by atoms with E-state index in [4.69, 9.17) is 25.9 Å². The monoisotopic (exact) mass is 511 g/mol. The number of aliphatic hydroxyl groups excluding tert-OH is 3. The normalized spacial score (nSPS) is 24.1. The minimum absolute atomic E-state index is 0.251. The number of hydrogen-bond donors (Lipinski definition) is 3. The first kappa shape index (κ1) is 26.1. The van der Waals surface area contributed by atoms with E-state index in [1.54, 1.807) is 12.1 Å². The molecule has 1 saturated heterocycles. The fourth-order valence-electron chi connectivity index (χ4n) is 4.09. The van der Waals surface area contributed by atoms with Crippen molar-refractivity contribution in [1.29, 1.82) is 0 Å². The molecular weight excluding hydrogens is 482 g/mol. The van der Waals surface area contributed by atoms with Gasteiger partial charge in [-0.3, -0.25) is 0 Å². The summed E-state index contributed by atoms with van der Waals surface area (Å²) in [7, 11) is 0. The van der Waals surface area contributed by atoms with Crippen LogP contribution in [0.1, 0.15) is 35.3 Å². The highest BCUT2D eigenvalue weighted by Crippen LogP contribution is 2.34. The van der Waals surface area contributed by atoms with E-state index >= 15 is 0 Å². The van der Waals surface area contributed by atoms with E-state index in [1.165, 1.54) is 6.21 Å². The molecule has 1 fully saturated rings. The van der Waals surface area contributed by atoms with Crippen LogP contribution in [-0.2, 0) is 22.6 Å². The van der Waals surface area contributed by atoms with E-state index in [-0.39, 0.29) is 6.61 Å². The summed E-state index contributed by atoms with van der Waals surface area (Å²) in [4.78, 5) is 5.31. The van der Waals surface area contributed by atoms with Crippen LogP contribution in [0.2, 0.25) is 5.02 Å². The van der Waals surface area contributed by atoms with Gasteiger partial charge in [0.1, 0.15) is 42.9 Å². The molecule has 0 aromatic heterocycles. The Hall–Kier alpha value is -2.94. The molecule has 1 heterocycles. The summed E-state index contributed by atoms with van der Waals surface area (Å²) in [5.74, 6) is 0.799. The average molecular weight is 512 g/mol. The Morgan fingerprint density at radius 1 is 0.917 bits per heavy atom. The summed E-state index contributed by atoms with van der Waals surface area (Å²) in [6, 6.07) is 22.6. The molecule has 0 radical (unpaired) electrons. The minimum atomic E-state index is -1.43. The Bertz CT molecular complexity index is 1140. The summed E-state index contributed by atoms with van der Waals surface area (Å²) in [6.07, 6.45) is -4.15. The first-order valence-electron chi connectivity index (χ1n) is 11.9. The number of rotatable bonds is 9. The van der Waals surface area contributed by atoms with Crippen LogP contribution in [0.5, 0.6) is 5.75 Å². The van der Waals surface area contributed by atoms with Gasteiger partial charge in [0.25, 0.3) is 0 Å². The predicted molar refractivity (Wildman–Crippen MR) is 137 cm³/mol. The molecule has 0 aliphatic carbocycles. The van der Waals surface area contributed by atoms with E-state index in [0.29, 0.717) is 23.6 Å². The molecule has 0 spiro atoms. The zero-order valence-electron chi connectivity index (χ0n) is 19.9. The molecule has 5 atom stereocenters. The first-order valence-corrected chi connectivity index (χ1v) is 12.2.